The molecule has 2 amide bonds. The van der Waals surface area contributed by atoms with Gasteiger partial charge >= 0.3 is 0 Å². The summed E-state index contributed by atoms with van der Waals surface area (Å²) in [7, 11) is 2.00. The molecule has 16 nitrogen and oxygen atoms in total. The summed E-state index contributed by atoms with van der Waals surface area (Å²) in [4.78, 5) is 27.4. The van der Waals surface area contributed by atoms with Crippen molar-refractivity contribution in [3.8, 4) is 0 Å². The average Bonchev–Trinajstić information content (AvgIpc) is 0.793. The fourth-order valence-corrected chi connectivity index (χ4v) is 14.9. The number of carbonyl (C=O) groups excluding carboxylic acids is 2. The van der Waals surface area contributed by atoms with Gasteiger partial charge in [-0.2, -0.15) is 0 Å². The second-order valence-electron chi connectivity index (χ2n) is 29.6. The zero-order chi connectivity index (χ0) is 95.6. The lowest BCUT2D eigenvalue weighted by Crippen LogP contribution is -2.60. The van der Waals surface area contributed by atoms with E-state index in [9.17, 15) is 9.59 Å². The maximum Gasteiger partial charge on any atom is 0.225 e. The Labute approximate surface area is 791 Å². The van der Waals surface area contributed by atoms with Gasteiger partial charge in [0.25, 0.3) is 0 Å². The number of nitrogens with zero attached hydrogens (tertiary/aromatic N) is 2. The average molecular weight is 1800 g/mol. The molecule has 0 radical (unpaired) electrons. The molecule has 2 N–H and O–H groups in total. The van der Waals surface area contributed by atoms with Crippen LogP contribution in [-0.4, -0.2) is 120 Å². The number of hydrogen-bond donors (Lipinski definition) is 2. The van der Waals surface area contributed by atoms with Crippen molar-refractivity contribution >= 4 is 11.8 Å². The van der Waals surface area contributed by atoms with Gasteiger partial charge in [-0.05, 0) is 80.6 Å². The summed E-state index contributed by atoms with van der Waals surface area (Å²) in [6.07, 6.45) is -1.95. The third kappa shape index (κ3) is 38.7. The molecule has 4 fully saturated rings. The number of aliphatic hydroxyl groups excluding tert-OH is 2. The molecule has 0 bridgehead atoms. The van der Waals surface area contributed by atoms with Gasteiger partial charge in [-0.1, -0.05) is 447 Å². The van der Waals surface area contributed by atoms with E-state index in [-0.39, 0.29) is 72.7 Å². The van der Waals surface area contributed by atoms with Crippen molar-refractivity contribution in [2.45, 2.75) is 249 Å². The van der Waals surface area contributed by atoms with Crippen LogP contribution in [-0.2, 0) is 123 Å². The van der Waals surface area contributed by atoms with Gasteiger partial charge in [-0.25, -0.2) is 0 Å². The van der Waals surface area contributed by atoms with Crippen LogP contribution in [0.5, 0.6) is 0 Å². The highest BCUT2D eigenvalue weighted by Gasteiger charge is 2.49. The maximum absolute atomic E-state index is 11.7. The zero-order valence-corrected chi connectivity index (χ0v) is 81.2. The van der Waals surface area contributed by atoms with E-state index in [1.807, 2.05) is 325 Å². The predicted molar refractivity (Wildman–Crippen MR) is 537 cm³/mol. The van der Waals surface area contributed by atoms with Crippen molar-refractivity contribution in [2.24, 2.45) is 0 Å². The standard InChI is InChI=1S/2C35H38O5.2C16H15NO.6C2H6.2CH4O/c2*1-27-33(37-23-29-16-8-3-9-17-29)35(39-25-31-20-12-5-13-21-31)34(38-24-30-18-10-4-11-19-30)32(40-27)26-36-22-28-14-6-2-7-15-28;2*18-16-11-15(14-9-5-2-6-10-14)17(16)12-13-7-3-1-4-8-13;8*1-2/h2*2-21,27,32-35H,22-26H2,1H3;2*1-10,15H,11-12H2;6*1-2H3;2*2H,1H3/t27?,32-,33+,34-,35-;27-,32+,33-,34+,35+;2*15-;;;;;;;;/m1000......../s1. The van der Waals surface area contributed by atoms with Crippen LogP contribution in [0.3, 0.4) is 0 Å². The van der Waals surface area contributed by atoms with Crippen LogP contribution in [0.1, 0.15) is 189 Å². The lowest BCUT2D eigenvalue weighted by atomic mass is 9.93. The van der Waals surface area contributed by atoms with Crippen LogP contribution >= 0.6 is 0 Å². The number of aliphatic hydroxyl groups is 2. The lowest BCUT2D eigenvalue weighted by Gasteiger charge is -2.45. The quantitative estimate of drug-likeness (QED) is 0.0381. The van der Waals surface area contributed by atoms with Gasteiger partial charge < -0.3 is 67.4 Å². The van der Waals surface area contributed by atoms with Crippen molar-refractivity contribution in [1.82, 2.24) is 9.80 Å². The van der Waals surface area contributed by atoms with Crippen LogP contribution < -0.4 is 0 Å². The van der Waals surface area contributed by atoms with E-state index in [0.717, 1.165) is 58.7 Å². The van der Waals surface area contributed by atoms with Gasteiger partial charge in [0.15, 0.2) is 0 Å². The van der Waals surface area contributed by atoms with Crippen molar-refractivity contribution in [3.05, 3.63) is 431 Å². The molecule has 12 aromatic rings. The number of likely N-dealkylation sites (tertiary alicyclic amines) is 2. The fraction of sp³-hybridized carbons (Fsp3) is 0.362. The molecule has 12 atom stereocenters. The Kier molecular flexibility index (Phi) is 58.4. The Balaban J connectivity index is 0.000000310. The van der Waals surface area contributed by atoms with Crippen LogP contribution in [0.25, 0.3) is 0 Å². The number of β-lactam (4-membered cyclic amide) rings is 2. The van der Waals surface area contributed by atoms with Crippen molar-refractivity contribution in [3.63, 3.8) is 0 Å². The van der Waals surface area contributed by atoms with Crippen molar-refractivity contribution in [2.75, 3.05) is 27.4 Å². The van der Waals surface area contributed by atoms with Crippen LogP contribution in [0.2, 0.25) is 0 Å². The zero-order valence-electron chi connectivity index (χ0n) is 81.2. The molecule has 12 aromatic carbocycles. The molecule has 4 aliphatic rings. The largest absolute Gasteiger partial charge is 0.400 e. The molecule has 16 heteroatoms. The molecule has 16 rings (SSSR count). The van der Waals surface area contributed by atoms with Gasteiger partial charge in [0.05, 0.1) is 103 Å². The van der Waals surface area contributed by atoms with Gasteiger partial charge in [-0.3, -0.25) is 9.59 Å². The van der Waals surface area contributed by atoms with Crippen LogP contribution in [0.4, 0.5) is 0 Å². The molecule has 708 valence electrons. The summed E-state index contributed by atoms with van der Waals surface area (Å²) in [5, 5.41) is 14.0. The van der Waals surface area contributed by atoms with E-state index in [1.54, 1.807) is 0 Å². The van der Waals surface area contributed by atoms with Gasteiger partial charge in [-0.15, -0.1) is 0 Å². The molecule has 0 aliphatic carbocycles. The van der Waals surface area contributed by atoms with E-state index in [0.29, 0.717) is 92.0 Å². The van der Waals surface area contributed by atoms with Crippen LogP contribution in [0.15, 0.2) is 364 Å². The molecule has 4 aliphatic heterocycles. The third-order valence-electron chi connectivity index (χ3n) is 21.1. The minimum atomic E-state index is -0.392. The lowest BCUT2D eigenvalue weighted by molar-refractivity contribution is -0.269. The normalized spacial score (nSPS) is 19.2. The molecular weight excluding hydrogens is 1650 g/mol. The van der Waals surface area contributed by atoms with E-state index in [2.05, 4.69) is 146 Å². The van der Waals surface area contributed by atoms with Gasteiger partial charge in [0.1, 0.15) is 48.8 Å². The van der Waals surface area contributed by atoms with Gasteiger partial charge in [0, 0.05) is 27.3 Å². The molecule has 0 saturated carbocycles. The summed E-state index contributed by atoms with van der Waals surface area (Å²) >= 11 is 0. The summed E-state index contributed by atoms with van der Waals surface area (Å²) in [5.41, 5.74) is 13.7. The second kappa shape index (κ2) is 69.0. The Hall–Kier alpha value is -10.9. The molecule has 4 saturated heterocycles. The number of carbonyl (C=O) groups is 2. The topological polar surface area (TPSA) is 173 Å². The molecule has 4 heterocycles. The highest BCUT2D eigenvalue weighted by atomic mass is 16.6. The monoisotopic (exact) mass is 1800 g/mol. The van der Waals surface area contributed by atoms with Crippen molar-refractivity contribution < 1.29 is 67.2 Å². The first kappa shape index (κ1) is 112. The SMILES string of the molecule is CC.CC.CC.CC.CC.CC.CC1O[C@H](COCc2ccccc2)[C@@H](OCc2ccccc2)[C@H](OCc2ccccc2)[C@H]1OCc1ccccc1.CO.CO.C[C@@H]1O[C@H](COCc2ccccc2)[C@@H](OCc2ccccc2)[C@H](OCc2ccccc2)[C@H]1OCc1ccccc1.O=C1C[C@@H](c2ccccc2)N1Cc1ccccc1.O=C1C[C@@H](c2ccccc2)N1Cc1ccccc1. The highest BCUT2D eigenvalue weighted by molar-refractivity contribution is 5.84. The Morgan fingerprint density at radius 3 is 0.621 bits per heavy atom. The van der Waals surface area contributed by atoms with Gasteiger partial charge in [0.2, 0.25) is 11.8 Å². The molecule has 0 aromatic heterocycles. The summed E-state index contributed by atoms with van der Waals surface area (Å²) in [6, 6.07) is 123. The summed E-state index contributed by atoms with van der Waals surface area (Å²) in [6.45, 7) is 34.0. The third-order valence-corrected chi connectivity index (χ3v) is 21.1. The number of rotatable bonds is 32. The number of amides is 2. The Morgan fingerprint density at radius 1 is 0.242 bits per heavy atom. The number of ether oxygens (including phenoxy) is 10. The Bertz CT molecular complexity index is 4420. The predicted octanol–water partition coefficient (Wildman–Crippen LogP) is 25.2. The minimum Gasteiger partial charge on any atom is -0.400 e. The maximum atomic E-state index is 11.7. The van der Waals surface area contributed by atoms with E-state index < -0.39 is 12.2 Å². The summed E-state index contributed by atoms with van der Waals surface area (Å²) in [5.74, 6) is 0.486. The second-order valence-corrected chi connectivity index (χ2v) is 29.6. The fourth-order valence-electron chi connectivity index (χ4n) is 14.9. The molecule has 132 heavy (non-hydrogen) atoms. The summed E-state index contributed by atoms with van der Waals surface area (Å²) < 4.78 is 65.0. The Morgan fingerprint density at radius 2 is 0.417 bits per heavy atom. The van der Waals surface area contributed by atoms with Crippen LogP contribution in [0, 0.1) is 0 Å². The smallest absolute Gasteiger partial charge is 0.225 e. The van der Waals surface area contributed by atoms with Crippen molar-refractivity contribution in [1.29, 1.82) is 0 Å². The highest BCUT2D eigenvalue weighted by Crippen LogP contribution is 2.38. The molecule has 1 unspecified atom stereocenters. The van der Waals surface area contributed by atoms with E-state index >= 15 is 0 Å². The van der Waals surface area contributed by atoms with E-state index in [4.69, 9.17) is 57.6 Å². The molecular formula is C116H150N2O14. The minimum absolute atomic E-state index is 0.216. The molecule has 0 spiro atoms. The first-order chi connectivity index (χ1) is 65.2. The first-order valence-electron chi connectivity index (χ1n) is 47.3. The number of benzene rings is 12. The number of hydrogen-bond acceptors (Lipinski definition) is 14. The van der Waals surface area contributed by atoms with E-state index in [1.165, 1.54) is 22.3 Å². The first-order valence-corrected chi connectivity index (χ1v) is 47.3.